The van der Waals surface area contributed by atoms with Gasteiger partial charge in [-0.25, -0.2) is 0 Å². The second-order valence-electron chi connectivity index (χ2n) is 6.46. The van der Waals surface area contributed by atoms with E-state index in [1.165, 1.54) is 0 Å². The minimum atomic E-state index is -0.743. The zero-order valence-electron chi connectivity index (χ0n) is 13.7. The van der Waals surface area contributed by atoms with Crippen molar-refractivity contribution in [2.45, 2.75) is 76.4 Å². The normalized spacial score (nSPS) is 25.2. The van der Waals surface area contributed by atoms with E-state index < -0.39 is 11.1 Å². The Hall–Kier alpha value is -1.10. The maximum Gasteiger partial charge on any atom is 0.249 e. The molecule has 0 bridgehead atoms. The van der Waals surface area contributed by atoms with Crippen LogP contribution in [-0.4, -0.2) is 47.6 Å². The van der Waals surface area contributed by atoms with E-state index in [0.29, 0.717) is 19.4 Å². The van der Waals surface area contributed by atoms with Gasteiger partial charge in [0.05, 0.1) is 12.6 Å². The van der Waals surface area contributed by atoms with E-state index in [9.17, 15) is 9.59 Å². The number of hydrogen-bond acceptors (Lipinski definition) is 3. The standard InChI is InChI=1S/C16H28N2O3/c1-5-15(6-2)14(20)18(12(3)11-21-4)16(13(19)17-15)9-7-8-10-16/h12H,5-11H2,1-4H3,(H,17,19). The van der Waals surface area contributed by atoms with Crippen molar-refractivity contribution < 1.29 is 14.3 Å². The van der Waals surface area contributed by atoms with E-state index in [1.54, 1.807) is 7.11 Å². The fraction of sp³-hybridized carbons (Fsp3) is 0.875. The summed E-state index contributed by atoms with van der Waals surface area (Å²) >= 11 is 0. The first-order valence-corrected chi connectivity index (χ1v) is 8.12. The predicted molar refractivity (Wildman–Crippen MR) is 80.8 cm³/mol. The number of nitrogens with zero attached hydrogens (tertiary/aromatic N) is 1. The molecule has 1 aliphatic heterocycles. The molecule has 0 aromatic heterocycles. The minimum Gasteiger partial charge on any atom is -0.383 e. The van der Waals surface area contributed by atoms with Gasteiger partial charge in [0.25, 0.3) is 0 Å². The van der Waals surface area contributed by atoms with Crippen LogP contribution in [0.25, 0.3) is 0 Å². The molecule has 1 spiro atoms. The molecule has 1 heterocycles. The van der Waals surface area contributed by atoms with Crippen LogP contribution in [0.5, 0.6) is 0 Å². The number of hydrogen-bond donors (Lipinski definition) is 1. The van der Waals surface area contributed by atoms with Crippen LogP contribution < -0.4 is 5.32 Å². The van der Waals surface area contributed by atoms with Gasteiger partial charge >= 0.3 is 0 Å². The SMILES string of the molecule is CCC1(CC)NC(=O)C2(CCCC2)N(C(C)COC)C1=O. The van der Waals surface area contributed by atoms with Crippen molar-refractivity contribution in [3.8, 4) is 0 Å². The van der Waals surface area contributed by atoms with Gasteiger partial charge in [-0.3, -0.25) is 9.59 Å². The van der Waals surface area contributed by atoms with E-state index in [4.69, 9.17) is 4.74 Å². The summed E-state index contributed by atoms with van der Waals surface area (Å²) < 4.78 is 5.25. The van der Waals surface area contributed by atoms with Gasteiger partial charge in [0.15, 0.2) is 0 Å². The van der Waals surface area contributed by atoms with Gasteiger partial charge in [-0.15, -0.1) is 0 Å². The van der Waals surface area contributed by atoms with Crippen molar-refractivity contribution in [2.24, 2.45) is 0 Å². The van der Waals surface area contributed by atoms with Crippen molar-refractivity contribution in [2.75, 3.05) is 13.7 Å². The topological polar surface area (TPSA) is 58.6 Å². The lowest BCUT2D eigenvalue weighted by molar-refractivity contribution is -0.168. The second-order valence-corrected chi connectivity index (χ2v) is 6.46. The fourth-order valence-corrected chi connectivity index (χ4v) is 4.02. The van der Waals surface area contributed by atoms with E-state index in [-0.39, 0.29) is 17.9 Å². The average molecular weight is 296 g/mol. The molecular weight excluding hydrogens is 268 g/mol. The quantitative estimate of drug-likeness (QED) is 0.842. The Morgan fingerprint density at radius 2 is 1.81 bits per heavy atom. The minimum absolute atomic E-state index is 0.0336. The molecule has 5 heteroatoms. The number of methoxy groups -OCH3 is 1. The van der Waals surface area contributed by atoms with Crippen molar-refractivity contribution in [3.05, 3.63) is 0 Å². The molecule has 0 aromatic carbocycles. The lowest BCUT2D eigenvalue weighted by Gasteiger charge is -2.53. The van der Waals surface area contributed by atoms with Crippen LogP contribution in [0.2, 0.25) is 0 Å². The zero-order chi connectivity index (χ0) is 15.7. The summed E-state index contributed by atoms with van der Waals surface area (Å²) in [7, 11) is 1.64. The zero-order valence-corrected chi connectivity index (χ0v) is 13.7. The summed E-state index contributed by atoms with van der Waals surface area (Å²) in [5.41, 5.74) is -1.39. The van der Waals surface area contributed by atoms with E-state index >= 15 is 0 Å². The number of piperazine rings is 1. The van der Waals surface area contributed by atoms with Gasteiger partial charge in [0, 0.05) is 7.11 Å². The molecule has 1 atom stereocenters. The lowest BCUT2D eigenvalue weighted by atomic mass is 9.80. The highest BCUT2D eigenvalue weighted by Gasteiger charge is 2.59. The van der Waals surface area contributed by atoms with Crippen LogP contribution in [0.15, 0.2) is 0 Å². The third-order valence-electron chi connectivity index (χ3n) is 5.35. The van der Waals surface area contributed by atoms with Crippen LogP contribution in [-0.2, 0) is 14.3 Å². The molecule has 1 saturated carbocycles. The Balaban J connectivity index is 2.44. The van der Waals surface area contributed by atoms with Gasteiger partial charge in [-0.05, 0) is 32.6 Å². The third-order valence-corrected chi connectivity index (χ3v) is 5.35. The Kier molecular flexibility index (Phi) is 4.61. The lowest BCUT2D eigenvalue weighted by Crippen LogP contribution is -2.76. The summed E-state index contributed by atoms with van der Waals surface area (Å²) in [5, 5.41) is 3.07. The maximum atomic E-state index is 13.2. The number of ether oxygens (including phenoxy) is 1. The van der Waals surface area contributed by atoms with Gasteiger partial charge in [0.1, 0.15) is 11.1 Å². The number of carbonyl (C=O) groups excluding carboxylic acids is 2. The van der Waals surface area contributed by atoms with Crippen molar-refractivity contribution in [1.82, 2.24) is 10.2 Å². The number of rotatable bonds is 5. The molecule has 5 nitrogen and oxygen atoms in total. The summed E-state index contributed by atoms with van der Waals surface area (Å²) in [5.74, 6) is 0.102. The summed E-state index contributed by atoms with van der Waals surface area (Å²) in [6, 6.07) is -0.0795. The first kappa shape index (κ1) is 16.3. The molecule has 0 radical (unpaired) electrons. The van der Waals surface area contributed by atoms with Gasteiger partial charge in [-0.2, -0.15) is 0 Å². The smallest absolute Gasteiger partial charge is 0.249 e. The first-order valence-electron chi connectivity index (χ1n) is 8.12. The monoisotopic (exact) mass is 296 g/mol. The predicted octanol–water partition coefficient (Wildman–Crippen LogP) is 1.85. The molecule has 1 aliphatic carbocycles. The molecule has 2 amide bonds. The van der Waals surface area contributed by atoms with E-state index in [2.05, 4.69) is 5.32 Å². The van der Waals surface area contributed by atoms with E-state index in [0.717, 1.165) is 25.7 Å². The summed E-state index contributed by atoms with van der Waals surface area (Å²) in [6.07, 6.45) is 4.79. The van der Waals surface area contributed by atoms with E-state index in [1.807, 2.05) is 25.7 Å². The number of carbonyl (C=O) groups is 2. The average Bonchev–Trinajstić information content (AvgIpc) is 2.94. The molecule has 2 fully saturated rings. The van der Waals surface area contributed by atoms with Gasteiger partial charge < -0.3 is 15.0 Å². The molecule has 21 heavy (non-hydrogen) atoms. The number of amides is 2. The van der Waals surface area contributed by atoms with Crippen molar-refractivity contribution in [1.29, 1.82) is 0 Å². The maximum absolute atomic E-state index is 13.2. The highest BCUT2D eigenvalue weighted by Crippen LogP contribution is 2.42. The van der Waals surface area contributed by atoms with Crippen LogP contribution in [0, 0.1) is 0 Å². The van der Waals surface area contributed by atoms with Crippen LogP contribution in [0.1, 0.15) is 59.3 Å². The first-order chi connectivity index (χ1) is 9.97. The Morgan fingerprint density at radius 1 is 1.24 bits per heavy atom. The van der Waals surface area contributed by atoms with Crippen LogP contribution >= 0.6 is 0 Å². The van der Waals surface area contributed by atoms with Gasteiger partial charge in [0.2, 0.25) is 11.8 Å². The molecular formula is C16H28N2O3. The Bertz CT molecular complexity index is 412. The fourth-order valence-electron chi connectivity index (χ4n) is 4.02. The van der Waals surface area contributed by atoms with Crippen LogP contribution in [0.4, 0.5) is 0 Å². The highest BCUT2D eigenvalue weighted by atomic mass is 16.5. The molecule has 1 N–H and O–H groups in total. The third kappa shape index (κ3) is 2.35. The molecule has 1 saturated heterocycles. The van der Waals surface area contributed by atoms with Gasteiger partial charge in [-0.1, -0.05) is 26.7 Å². The molecule has 120 valence electrons. The van der Waals surface area contributed by atoms with Crippen LogP contribution in [0.3, 0.4) is 0 Å². The molecule has 1 unspecified atom stereocenters. The summed E-state index contributed by atoms with van der Waals surface area (Å²) in [4.78, 5) is 27.9. The summed E-state index contributed by atoms with van der Waals surface area (Å²) in [6.45, 7) is 6.38. The molecule has 2 aliphatic rings. The number of nitrogens with one attached hydrogen (secondary N) is 1. The van der Waals surface area contributed by atoms with Crippen molar-refractivity contribution in [3.63, 3.8) is 0 Å². The second kappa shape index (κ2) is 5.95. The Morgan fingerprint density at radius 3 is 2.29 bits per heavy atom. The van der Waals surface area contributed by atoms with Crippen molar-refractivity contribution >= 4 is 11.8 Å². The Labute approximate surface area is 127 Å². The highest BCUT2D eigenvalue weighted by molar-refractivity contribution is 6.02. The largest absolute Gasteiger partial charge is 0.383 e. The molecule has 2 rings (SSSR count). The molecule has 0 aromatic rings.